The Labute approximate surface area is 372 Å². The van der Waals surface area contributed by atoms with Crippen molar-refractivity contribution < 1.29 is 23.8 Å². The first-order chi connectivity index (χ1) is 29.6. The van der Waals surface area contributed by atoms with Crippen molar-refractivity contribution in [1.82, 2.24) is 0 Å². The van der Waals surface area contributed by atoms with E-state index < -0.39 is 6.10 Å². The minimum absolute atomic E-state index is 0.0691. The van der Waals surface area contributed by atoms with Gasteiger partial charge in [-0.25, -0.2) is 0 Å². The molecule has 0 saturated heterocycles. The number of rotatable bonds is 46. The van der Waals surface area contributed by atoms with E-state index in [9.17, 15) is 9.59 Å². The number of esters is 2. The van der Waals surface area contributed by atoms with Gasteiger partial charge in [-0.3, -0.25) is 9.59 Å². The average molecular weight is 837 g/mol. The molecule has 0 aromatic heterocycles. The molecule has 1 atom stereocenters. The molecular weight excluding hydrogens is 741 g/mol. The highest BCUT2D eigenvalue weighted by atomic mass is 16.6. The summed E-state index contributed by atoms with van der Waals surface area (Å²) in [4.78, 5) is 25.4. The molecule has 0 bridgehead atoms. The Kier molecular flexibility index (Phi) is 48.4. The summed E-state index contributed by atoms with van der Waals surface area (Å²) in [7, 11) is 0. The van der Waals surface area contributed by atoms with Crippen LogP contribution in [0.4, 0.5) is 0 Å². The average Bonchev–Trinajstić information content (AvgIpc) is 3.25. The van der Waals surface area contributed by atoms with Gasteiger partial charge in [-0.2, -0.15) is 0 Å². The van der Waals surface area contributed by atoms with Gasteiger partial charge in [0.15, 0.2) is 6.10 Å². The maximum Gasteiger partial charge on any atom is 0.306 e. The first-order valence-electron chi connectivity index (χ1n) is 25.5. The number of allylic oxidation sites excluding steroid dienone is 12. The molecule has 1 unspecified atom stereocenters. The second-order valence-corrected chi connectivity index (χ2v) is 16.7. The van der Waals surface area contributed by atoms with E-state index in [1.54, 1.807) is 0 Å². The highest BCUT2D eigenvalue weighted by Gasteiger charge is 2.17. The summed E-state index contributed by atoms with van der Waals surface area (Å²) >= 11 is 0. The second kappa shape index (κ2) is 50.7. The molecule has 0 radical (unpaired) electrons. The molecule has 0 aliphatic heterocycles. The van der Waals surface area contributed by atoms with E-state index in [1.807, 2.05) is 0 Å². The van der Waals surface area contributed by atoms with Crippen LogP contribution in [-0.4, -0.2) is 37.9 Å². The molecule has 0 heterocycles. The third-order valence-electron chi connectivity index (χ3n) is 10.6. The van der Waals surface area contributed by atoms with E-state index in [1.165, 1.54) is 122 Å². The smallest absolute Gasteiger partial charge is 0.306 e. The largest absolute Gasteiger partial charge is 0.462 e. The maximum absolute atomic E-state index is 12.8. The Morgan fingerprint density at radius 1 is 0.367 bits per heavy atom. The summed E-state index contributed by atoms with van der Waals surface area (Å²) in [6.45, 7) is 7.64. The Hall–Kier alpha value is -2.66. The molecule has 0 aliphatic carbocycles. The quantitative estimate of drug-likeness (QED) is 0.0347. The van der Waals surface area contributed by atoms with Crippen LogP contribution in [0.15, 0.2) is 72.9 Å². The van der Waals surface area contributed by atoms with Crippen molar-refractivity contribution >= 4 is 11.9 Å². The number of hydrogen-bond acceptors (Lipinski definition) is 5. The van der Waals surface area contributed by atoms with Gasteiger partial charge in [-0.15, -0.1) is 0 Å². The van der Waals surface area contributed by atoms with Crippen molar-refractivity contribution in [2.24, 2.45) is 0 Å². The molecule has 346 valence electrons. The summed E-state index contributed by atoms with van der Waals surface area (Å²) in [5, 5.41) is 0. The van der Waals surface area contributed by atoms with Gasteiger partial charge in [0.2, 0.25) is 0 Å². The lowest BCUT2D eigenvalue weighted by Crippen LogP contribution is -2.30. The highest BCUT2D eigenvalue weighted by molar-refractivity contribution is 5.70. The predicted octanol–water partition coefficient (Wildman–Crippen LogP) is 17.1. The lowest BCUT2D eigenvalue weighted by molar-refractivity contribution is -0.163. The molecule has 0 amide bonds. The lowest BCUT2D eigenvalue weighted by atomic mass is 10.1. The van der Waals surface area contributed by atoms with Gasteiger partial charge in [0.05, 0.1) is 6.61 Å². The van der Waals surface area contributed by atoms with Gasteiger partial charge in [0, 0.05) is 19.4 Å². The van der Waals surface area contributed by atoms with Crippen LogP contribution in [0.5, 0.6) is 0 Å². The van der Waals surface area contributed by atoms with E-state index in [0.717, 1.165) is 83.5 Å². The molecular formula is C55H96O5. The van der Waals surface area contributed by atoms with Gasteiger partial charge in [0.1, 0.15) is 6.61 Å². The number of ether oxygens (including phenoxy) is 3. The van der Waals surface area contributed by atoms with Gasteiger partial charge >= 0.3 is 11.9 Å². The minimum Gasteiger partial charge on any atom is -0.462 e. The first kappa shape index (κ1) is 57.3. The van der Waals surface area contributed by atoms with E-state index in [4.69, 9.17) is 14.2 Å². The molecule has 0 aliphatic rings. The number of carbonyl (C=O) groups excluding carboxylic acids is 2. The van der Waals surface area contributed by atoms with Crippen LogP contribution < -0.4 is 0 Å². The molecule has 5 nitrogen and oxygen atoms in total. The standard InChI is InChI=1S/C55H96O5/c1-4-7-10-13-16-19-22-25-27-28-29-31-33-36-39-42-45-48-54(56)59-52-53(51-58-50-47-44-41-38-35-32-26-23-20-17-14-11-8-5-2)60-55(57)49-46-43-40-37-34-30-24-21-18-15-12-9-6-3/h11-12,14-16,19-21,23-25,27,53H,4-10,13,17-18,22,26,28-52H2,1-3H3/b14-11-,15-12-,19-16-,23-20-,24-21-,27-25-. The summed E-state index contributed by atoms with van der Waals surface area (Å²) in [6.07, 6.45) is 64.7. The zero-order valence-electron chi connectivity index (χ0n) is 39.7. The van der Waals surface area contributed by atoms with E-state index >= 15 is 0 Å². The fourth-order valence-corrected chi connectivity index (χ4v) is 6.85. The van der Waals surface area contributed by atoms with E-state index in [-0.39, 0.29) is 25.2 Å². The molecule has 0 aromatic rings. The predicted molar refractivity (Wildman–Crippen MR) is 260 cm³/mol. The number of hydrogen-bond donors (Lipinski definition) is 0. The normalized spacial score (nSPS) is 12.8. The topological polar surface area (TPSA) is 61.8 Å². The van der Waals surface area contributed by atoms with Crippen molar-refractivity contribution in [3.05, 3.63) is 72.9 Å². The first-order valence-corrected chi connectivity index (χ1v) is 25.5. The van der Waals surface area contributed by atoms with Crippen molar-refractivity contribution in [2.45, 2.75) is 245 Å². The van der Waals surface area contributed by atoms with Crippen molar-refractivity contribution in [1.29, 1.82) is 0 Å². The number of unbranched alkanes of at least 4 members (excludes halogenated alkanes) is 23. The van der Waals surface area contributed by atoms with Crippen molar-refractivity contribution in [3.63, 3.8) is 0 Å². The van der Waals surface area contributed by atoms with Crippen molar-refractivity contribution in [3.8, 4) is 0 Å². The minimum atomic E-state index is -0.554. The molecule has 5 heteroatoms. The summed E-state index contributed by atoms with van der Waals surface area (Å²) < 4.78 is 17.4. The summed E-state index contributed by atoms with van der Waals surface area (Å²) in [6, 6.07) is 0. The Balaban J connectivity index is 4.30. The Morgan fingerprint density at radius 2 is 0.733 bits per heavy atom. The Bertz CT molecular complexity index is 1080. The monoisotopic (exact) mass is 837 g/mol. The van der Waals surface area contributed by atoms with Crippen LogP contribution in [0.25, 0.3) is 0 Å². The van der Waals surface area contributed by atoms with Gasteiger partial charge in [0.25, 0.3) is 0 Å². The van der Waals surface area contributed by atoms with Crippen LogP contribution in [0.1, 0.15) is 239 Å². The SMILES string of the molecule is CCC/C=C\C/C=C\CCCCCCCCOCC(COC(=O)CCCCCCCCC/C=C\C/C=C\CCCCC)OC(=O)CCCCCCC/C=C\C/C=C\CCC. The molecule has 60 heavy (non-hydrogen) atoms. The molecule has 0 N–H and O–H groups in total. The maximum atomic E-state index is 12.8. The fraction of sp³-hybridized carbons (Fsp3) is 0.745. The van der Waals surface area contributed by atoms with E-state index in [0.29, 0.717) is 19.4 Å². The van der Waals surface area contributed by atoms with Crippen LogP contribution in [0, 0.1) is 0 Å². The van der Waals surface area contributed by atoms with E-state index in [2.05, 4.69) is 93.7 Å². The summed E-state index contributed by atoms with van der Waals surface area (Å²) in [5.41, 5.74) is 0. The zero-order valence-corrected chi connectivity index (χ0v) is 39.7. The third kappa shape index (κ3) is 48.0. The van der Waals surface area contributed by atoms with Crippen LogP contribution in [0.3, 0.4) is 0 Å². The molecule has 0 rings (SSSR count). The fourth-order valence-electron chi connectivity index (χ4n) is 6.85. The van der Waals surface area contributed by atoms with Crippen LogP contribution in [0.2, 0.25) is 0 Å². The van der Waals surface area contributed by atoms with Crippen LogP contribution >= 0.6 is 0 Å². The second-order valence-electron chi connectivity index (χ2n) is 16.7. The Morgan fingerprint density at radius 3 is 1.17 bits per heavy atom. The zero-order chi connectivity index (χ0) is 43.5. The molecule has 0 aromatic carbocycles. The molecule has 0 spiro atoms. The third-order valence-corrected chi connectivity index (χ3v) is 10.6. The van der Waals surface area contributed by atoms with Gasteiger partial charge in [-0.1, -0.05) is 196 Å². The van der Waals surface area contributed by atoms with Gasteiger partial charge in [-0.05, 0) is 103 Å². The van der Waals surface area contributed by atoms with Crippen LogP contribution in [-0.2, 0) is 23.8 Å². The summed E-state index contributed by atoms with van der Waals surface area (Å²) in [5.74, 6) is -0.427. The molecule has 0 saturated carbocycles. The number of carbonyl (C=O) groups is 2. The highest BCUT2D eigenvalue weighted by Crippen LogP contribution is 2.13. The van der Waals surface area contributed by atoms with Crippen molar-refractivity contribution in [2.75, 3.05) is 19.8 Å². The lowest BCUT2D eigenvalue weighted by Gasteiger charge is -2.18. The van der Waals surface area contributed by atoms with Gasteiger partial charge < -0.3 is 14.2 Å². The molecule has 0 fully saturated rings.